The van der Waals surface area contributed by atoms with Crippen LogP contribution in [-0.2, 0) is 0 Å². The Kier molecular flexibility index (Phi) is 2.77. The molecular formula is C25H15Br. The van der Waals surface area contributed by atoms with E-state index in [0.29, 0.717) is 0 Å². The average Bonchev–Trinajstić information content (AvgIpc) is 2.99. The average molecular weight is 395 g/mol. The number of fused-ring (bicyclic) bond motifs is 6. The zero-order valence-corrected chi connectivity index (χ0v) is 15.9. The normalized spacial score (nSPS) is 12.2. The summed E-state index contributed by atoms with van der Waals surface area (Å²) in [6, 6.07) is 26.9. The first kappa shape index (κ1) is 14.5. The van der Waals surface area contributed by atoms with Crippen molar-refractivity contribution in [1.82, 2.24) is 0 Å². The number of hydrogen-bond donors (Lipinski definition) is 0. The molecule has 0 N–H and O–H groups in total. The summed E-state index contributed by atoms with van der Waals surface area (Å²) in [6.07, 6.45) is 0. The molecule has 26 heavy (non-hydrogen) atoms. The summed E-state index contributed by atoms with van der Waals surface area (Å²) in [5.74, 6) is 0. The van der Waals surface area contributed by atoms with Crippen LogP contribution in [0.3, 0.4) is 0 Å². The molecule has 1 aliphatic rings. The van der Waals surface area contributed by atoms with E-state index in [4.69, 9.17) is 0 Å². The molecule has 0 saturated carbocycles. The number of halogens is 1. The maximum atomic E-state index is 3.88. The molecule has 0 atom stereocenters. The zero-order valence-electron chi connectivity index (χ0n) is 14.3. The van der Waals surface area contributed by atoms with Gasteiger partial charge in [-0.15, -0.1) is 0 Å². The molecule has 0 unspecified atom stereocenters. The van der Waals surface area contributed by atoms with Gasteiger partial charge in [-0.2, -0.15) is 0 Å². The van der Waals surface area contributed by atoms with E-state index in [1.807, 2.05) is 0 Å². The number of benzene rings is 5. The van der Waals surface area contributed by atoms with E-state index in [2.05, 4.69) is 95.7 Å². The van der Waals surface area contributed by atoms with Crippen molar-refractivity contribution in [3.05, 3.63) is 82.8 Å². The fourth-order valence-corrected chi connectivity index (χ4v) is 5.20. The van der Waals surface area contributed by atoms with Crippen LogP contribution in [0.2, 0.25) is 0 Å². The standard InChI is InChI=1S/C25H15Br/c1-14-9-10-15-12-21-18-7-4-8-20-23(18)24(22(21)13-16(15)11-14)17-5-2-3-6-19(17)25(20)26/h2-13H,1H3. The molecule has 0 nitrogen and oxygen atoms in total. The van der Waals surface area contributed by atoms with Crippen molar-refractivity contribution in [2.45, 2.75) is 6.92 Å². The monoisotopic (exact) mass is 394 g/mol. The first-order valence-electron chi connectivity index (χ1n) is 8.90. The first-order chi connectivity index (χ1) is 12.7. The molecule has 0 radical (unpaired) electrons. The third-order valence-electron chi connectivity index (χ3n) is 5.68. The first-order valence-corrected chi connectivity index (χ1v) is 9.70. The van der Waals surface area contributed by atoms with Crippen LogP contribution in [0.5, 0.6) is 0 Å². The van der Waals surface area contributed by atoms with Crippen molar-refractivity contribution < 1.29 is 0 Å². The maximum Gasteiger partial charge on any atom is 0.0332 e. The van der Waals surface area contributed by atoms with Crippen LogP contribution in [-0.4, -0.2) is 0 Å². The fourth-order valence-electron chi connectivity index (χ4n) is 4.53. The molecule has 0 fully saturated rings. The topological polar surface area (TPSA) is 0 Å². The lowest BCUT2D eigenvalue weighted by molar-refractivity contribution is 1.51. The Morgan fingerprint density at radius 1 is 0.615 bits per heavy atom. The third-order valence-corrected chi connectivity index (χ3v) is 6.53. The molecule has 0 amide bonds. The number of rotatable bonds is 0. The summed E-state index contributed by atoms with van der Waals surface area (Å²) in [4.78, 5) is 0. The van der Waals surface area contributed by atoms with Gasteiger partial charge >= 0.3 is 0 Å². The predicted molar refractivity (Wildman–Crippen MR) is 116 cm³/mol. The lowest BCUT2D eigenvalue weighted by atomic mass is 9.94. The molecule has 0 aliphatic heterocycles. The van der Waals surface area contributed by atoms with Gasteiger partial charge in [-0.05, 0) is 89.6 Å². The van der Waals surface area contributed by atoms with Gasteiger partial charge in [0.2, 0.25) is 0 Å². The summed E-state index contributed by atoms with van der Waals surface area (Å²) < 4.78 is 1.20. The van der Waals surface area contributed by atoms with Crippen molar-refractivity contribution >= 4 is 48.2 Å². The molecule has 5 aromatic rings. The van der Waals surface area contributed by atoms with E-state index in [1.165, 1.54) is 64.6 Å². The molecule has 0 heterocycles. The van der Waals surface area contributed by atoms with E-state index in [0.717, 1.165) is 0 Å². The van der Waals surface area contributed by atoms with Crippen molar-refractivity contribution in [1.29, 1.82) is 0 Å². The SMILES string of the molecule is Cc1ccc2cc3c(cc2c1)-c1c2ccccc2c(Br)c2cccc-3c12. The quantitative estimate of drug-likeness (QED) is 0.230. The molecule has 0 spiro atoms. The molecule has 0 saturated heterocycles. The fraction of sp³-hybridized carbons (Fsp3) is 0.0400. The maximum absolute atomic E-state index is 3.88. The second-order valence-electron chi connectivity index (χ2n) is 7.21. The zero-order chi connectivity index (χ0) is 17.4. The molecule has 0 aromatic heterocycles. The largest absolute Gasteiger partial charge is 0.0616 e. The van der Waals surface area contributed by atoms with Crippen LogP contribution in [0.15, 0.2) is 77.3 Å². The minimum atomic E-state index is 1.20. The predicted octanol–water partition coefficient (Wildman–Crippen LogP) is 7.86. The molecule has 0 bridgehead atoms. The summed E-state index contributed by atoms with van der Waals surface area (Å²) >= 11 is 3.88. The highest BCUT2D eigenvalue weighted by Crippen LogP contribution is 2.53. The summed E-state index contributed by atoms with van der Waals surface area (Å²) in [5.41, 5.74) is 6.75. The lowest BCUT2D eigenvalue weighted by Gasteiger charge is -2.11. The van der Waals surface area contributed by atoms with Gasteiger partial charge in [-0.3, -0.25) is 0 Å². The molecule has 122 valence electrons. The van der Waals surface area contributed by atoms with Gasteiger partial charge in [-0.1, -0.05) is 66.2 Å². The van der Waals surface area contributed by atoms with Gasteiger partial charge in [0, 0.05) is 4.47 Å². The second-order valence-corrected chi connectivity index (χ2v) is 8.00. The van der Waals surface area contributed by atoms with Gasteiger partial charge in [0.25, 0.3) is 0 Å². The lowest BCUT2D eigenvalue weighted by Crippen LogP contribution is -1.84. The Balaban J connectivity index is 1.89. The van der Waals surface area contributed by atoms with Crippen LogP contribution in [0.4, 0.5) is 0 Å². The van der Waals surface area contributed by atoms with Crippen molar-refractivity contribution in [2.75, 3.05) is 0 Å². The molecular weight excluding hydrogens is 380 g/mol. The van der Waals surface area contributed by atoms with Crippen LogP contribution < -0.4 is 0 Å². The Morgan fingerprint density at radius 3 is 2.27 bits per heavy atom. The summed E-state index contributed by atoms with van der Waals surface area (Å²) in [6.45, 7) is 2.16. The van der Waals surface area contributed by atoms with Gasteiger partial charge in [0.1, 0.15) is 0 Å². The molecule has 1 heteroatoms. The summed E-state index contributed by atoms with van der Waals surface area (Å²) in [7, 11) is 0. The van der Waals surface area contributed by atoms with Gasteiger partial charge in [0.15, 0.2) is 0 Å². The van der Waals surface area contributed by atoms with Crippen molar-refractivity contribution in [3.8, 4) is 22.3 Å². The number of hydrogen-bond acceptors (Lipinski definition) is 0. The minimum absolute atomic E-state index is 1.20. The van der Waals surface area contributed by atoms with Crippen LogP contribution in [0.25, 0.3) is 54.6 Å². The molecule has 5 aromatic carbocycles. The van der Waals surface area contributed by atoms with E-state index < -0.39 is 0 Å². The number of aryl methyl sites for hydroxylation is 1. The van der Waals surface area contributed by atoms with Crippen molar-refractivity contribution in [3.63, 3.8) is 0 Å². The highest BCUT2D eigenvalue weighted by molar-refractivity contribution is 9.10. The van der Waals surface area contributed by atoms with Crippen LogP contribution in [0.1, 0.15) is 5.56 Å². The van der Waals surface area contributed by atoms with Gasteiger partial charge in [-0.25, -0.2) is 0 Å². The van der Waals surface area contributed by atoms with Crippen LogP contribution in [0, 0.1) is 6.92 Å². The molecule has 1 aliphatic carbocycles. The Morgan fingerprint density at radius 2 is 1.38 bits per heavy atom. The van der Waals surface area contributed by atoms with E-state index >= 15 is 0 Å². The summed E-state index contributed by atoms with van der Waals surface area (Å²) in [5, 5.41) is 7.90. The van der Waals surface area contributed by atoms with E-state index in [-0.39, 0.29) is 0 Å². The van der Waals surface area contributed by atoms with E-state index in [9.17, 15) is 0 Å². The second kappa shape index (κ2) is 4.96. The highest BCUT2D eigenvalue weighted by Gasteiger charge is 2.25. The van der Waals surface area contributed by atoms with Crippen LogP contribution >= 0.6 is 15.9 Å². The molecule has 6 rings (SSSR count). The Labute approximate surface area is 160 Å². The van der Waals surface area contributed by atoms with Crippen molar-refractivity contribution in [2.24, 2.45) is 0 Å². The highest BCUT2D eigenvalue weighted by atomic mass is 79.9. The Bertz CT molecular complexity index is 1390. The van der Waals surface area contributed by atoms with Gasteiger partial charge < -0.3 is 0 Å². The minimum Gasteiger partial charge on any atom is -0.0616 e. The smallest absolute Gasteiger partial charge is 0.0332 e. The van der Waals surface area contributed by atoms with Gasteiger partial charge in [0.05, 0.1) is 0 Å². The Hall–Kier alpha value is -2.64. The third kappa shape index (κ3) is 1.74. The van der Waals surface area contributed by atoms with E-state index in [1.54, 1.807) is 0 Å².